The maximum atomic E-state index is 13.6. The minimum Gasteiger partial charge on any atom is -0.372 e. The van der Waals surface area contributed by atoms with Crippen molar-refractivity contribution in [1.82, 2.24) is 4.90 Å². The molecule has 1 amide bonds. The van der Waals surface area contributed by atoms with Crippen LogP contribution in [0, 0.1) is 17.5 Å². The first kappa shape index (κ1) is 17.5. The van der Waals surface area contributed by atoms with Crippen molar-refractivity contribution in [3.05, 3.63) is 71.0 Å². The monoisotopic (exact) mass is 349 g/mol. The standard InChI is InChI=1S/C19H18F3NO2/c20-15-5-3-13(4-6-15)19(24)23-9-1-2-17(11-23)25-12-14-10-16(21)7-8-18(14)22/h3-8,10,17H,1-2,9,11-12H2/t17-/m0/s1. The largest absolute Gasteiger partial charge is 0.372 e. The first-order chi connectivity index (χ1) is 12.0. The maximum absolute atomic E-state index is 13.6. The minimum atomic E-state index is -0.517. The second-order valence-electron chi connectivity index (χ2n) is 6.07. The number of carbonyl (C=O) groups is 1. The molecule has 0 aliphatic carbocycles. The van der Waals surface area contributed by atoms with E-state index in [9.17, 15) is 18.0 Å². The normalized spacial score (nSPS) is 17.6. The van der Waals surface area contributed by atoms with E-state index >= 15 is 0 Å². The molecule has 0 unspecified atom stereocenters. The van der Waals surface area contributed by atoms with Crippen LogP contribution in [0.3, 0.4) is 0 Å². The summed E-state index contributed by atoms with van der Waals surface area (Å²) in [5.41, 5.74) is 0.570. The minimum absolute atomic E-state index is 0.0488. The number of piperidine rings is 1. The molecule has 1 aliphatic heterocycles. The molecule has 1 atom stereocenters. The van der Waals surface area contributed by atoms with E-state index in [0.29, 0.717) is 18.7 Å². The fourth-order valence-electron chi connectivity index (χ4n) is 2.90. The lowest BCUT2D eigenvalue weighted by Crippen LogP contribution is -2.43. The van der Waals surface area contributed by atoms with E-state index in [2.05, 4.69) is 0 Å². The molecule has 3 nitrogen and oxygen atoms in total. The fourth-order valence-corrected chi connectivity index (χ4v) is 2.90. The lowest BCUT2D eigenvalue weighted by atomic mass is 10.1. The van der Waals surface area contributed by atoms with Crippen LogP contribution in [0.4, 0.5) is 13.2 Å². The van der Waals surface area contributed by atoms with Gasteiger partial charge < -0.3 is 9.64 Å². The van der Waals surface area contributed by atoms with E-state index in [1.54, 1.807) is 4.90 Å². The molecule has 132 valence electrons. The number of carbonyl (C=O) groups excluding carboxylic acids is 1. The molecule has 0 bridgehead atoms. The third kappa shape index (κ3) is 4.39. The number of hydrogen-bond acceptors (Lipinski definition) is 2. The highest BCUT2D eigenvalue weighted by atomic mass is 19.1. The lowest BCUT2D eigenvalue weighted by Gasteiger charge is -2.32. The van der Waals surface area contributed by atoms with Gasteiger partial charge >= 0.3 is 0 Å². The molecular weight excluding hydrogens is 331 g/mol. The molecule has 0 saturated carbocycles. The zero-order valence-electron chi connectivity index (χ0n) is 13.6. The number of amides is 1. The molecule has 2 aromatic rings. The molecule has 6 heteroatoms. The second kappa shape index (κ2) is 7.70. The van der Waals surface area contributed by atoms with Crippen LogP contribution in [0.25, 0.3) is 0 Å². The summed E-state index contributed by atoms with van der Waals surface area (Å²) in [6, 6.07) is 8.63. The van der Waals surface area contributed by atoms with Crippen molar-refractivity contribution < 1.29 is 22.7 Å². The molecule has 1 aliphatic rings. The highest BCUT2D eigenvalue weighted by Crippen LogP contribution is 2.19. The van der Waals surface area contributed by atoms with Crippen molar-refractivity contribution in [2.24, 2.45) is 0 Å². The van der Waals surface area contributed by atoms with Crippen molar-refractivity contribution in [2.75, 3.05) is 13.1 Å². The van der Waals surface area contributed by atoms with Crippen LogP contribution in [0.15, 0.2) is 42.5 Å². The van der Waals surface area contributed by atoms with Crippen molar-refractivity contribution >= 4 is 5.91 Å². The van der Waals surface area contributed by atoms with Gasteiger partial charge in [-0.25, -0.2) is 13.2 Å². The summed E-state index contributed by atoms with van der Waals surface area (Å²) in [5.74, 6) is -1.62. The Morgan fingerprint density at radius 3 is 2.56 bits per heavy atom. The van der Waals surface area contributed by atoms with Crippen LogP contribution in [-0.2, 0) is 11.3 Å². The Balaban J connectivity index is 1.60. The Bertz CT molecular complexity index is 749. The number of nitrogens with zero attached hydrogens (tertiary/aromatic N) is 1. The first-order valence-electron chi connectivity index (χ1n) is 8.13. The summed E-state index contributed by atoms with van der Waals surface area (Å²) >= 11 is 0. The smallest absolute Gasteiger partial charge is 0.253 e. The van der Waals surface area contributed by atoms with Gasteiger partial charge in [-0.15, -0.1) is 0 Å². The summed E-state index contributed by atoms with van der Waals surface area (Å²) in [4.78, 5) is 14.1. The topological polar surface area (TPSA) is 29.5 Å². The van der Waals surface area contributed by atoms with Crippen molar-refractivity contribution in [1.29, 1.82) is 0 Å². The number of hydrogen-bond donors (Lipinski definition) is 0. The highest BCUT2D eigenvalue weighted by Gasteiger charge is 2.25. The van der Waals surface area contributed by atoms with E-state index in [1.165, 1.54) is 24.3 Å². The van der Waals surface area contributed by atoms with Crippen LogP contribution < -0.4 is 0 Å². The molecule has 1 fully saturated rings. The average Bonchev–Trinajstić information content (AvgIpc) is 2.63. The summed E-state index contributed by atoms with van der Waals surface area (Å²) in [6.45, 7) is 0.907. The molecule has 3 rings (SSSR count). The Labute approximate surface area is 144 Å². The van der Waals surface area contributed by atoms with E-state index in [4.69, 9.17) is 4.74 Å². The highest BCUT2D eigenvalue weighted by molar-refractivity contribution is 5.94. The van der Waals surface area contributed by atoms with E-state index < -0.39 is 17.5 Å². The van der Waals surface area contributed by atoms with Gasteiger partial charge in [-0.05, 0) is 55.3 Å². The predicted octanol–water partition coefficient (Wildman–Crippen LogP) is 3.93. The van der Waals surface area contributed by atoms with Gasteiger partial charge in [-0.3, -0.25) is 4.79 Å². The fraction of sp³-hybridized carbons (Fsp3) is 0.316. The maximum Gasteiger partial charge on any atom is 0.253 e. The van der Waals surface area contributed by atoms with Crippen LogP contribution in [0.2, 0.25) is 0 Å². The van der Waals surface area contributed by atoms with Gasteiger partial charge in [0.2, 0.25) is 0 Å². The second-order valence-corrected chi connectivity index (χ2v) is 6.07. The van der Waals surface area contributed by atoms with Crippen molar-refractivity contribution in [2.45, 2.75) is 25.6 Å². The van der Waals surface area contributed by atoms with E-state index in [1.807, 2.05) is 0 Å². The van der Waals surface area contributed by atoms with Gasteiger partial charge in [0.15, 0.2) is 0 Å². The van der Waals surface area contributed by atoms with Crippen LogP contribution in [0.1, 0.15) is 28.8 Å². The molecule has 0 N–H and O–H groups in total. The van der Waals surface area contributed by atoms with Gasteiger partial charge in [0, 0.05) is 24.2 Å². The molecular formula is C19H18F3NO2. The molecule has 25 heavy (non-hydrogen) atoms. The third-order valence-corrected chi connectivity index (χ3v) is 4.24. The number of ether oxygens (including phenoxy) is 1. The molecule has 0 radical (unpaired) electrons. The molecule has 0 spiro atoms. The lowest BCUT2D eigenvalue weighted by molar-refractivity contribution is -0.00769. The SMILES string of the molecule is O=C(c1ccc(F)cc1)N1CCC[C@H](OCc2cc(F)ccc2F)C1. The number of halogens is 3. The quantitative estimate of drug-likeness (QED) is 0.837. The molecule has 1 saturated heterocycles. The number of benzene rings is 2. The van der Waals surface area contributed by atoms with E-state index in [-0.39, 0.29) is 24.2 Å². The van der Waals surface area contributed by atoms with Gasteiger partial charge in [0.1, 0.15) is 17.5 Å². The average molecular weight is 349 g/mol. The molecule has 2 aromatic carbocycles. The first-order valence-corrected chi connectivity index (χ1v) is 8.13. The van der Waals surface area contributed by atoms with Gasteiger partial charge in [0.05, 0.1) is 12.7 Å². The third-order valence-electron chi connectivity index (χ3n) is 4.24. The molecule has 1 heterocycles. The summed E-state index contributed by atoms with van der Waals surface area (Å²) in [7, 11) is 0. The summed E-state index contributed by atoms with van der Waals surface area (Å²) in [5, 5.41) is 0. The Morgan fingerprint density at radius 2 is 1.80 bits per heavy atom. The predicted molar refractivity (Wildman–Crippen MR) is 86.5 cm³/mol. The number of likely N-dealkylation sites (tertiary alicyclic amines) is 1. The Hall–Kier alpha value is -2.34. The van der Waals surface area contributed by atoms with E-state index in [0.717, 1.165) is 31.0 Å². The van der Waals surface area contributed by atoms with Gasteiger partial charge in [-0.1, -0.05) is 0 Å². The summed E-state index contributed by atoms with van der Waals surface area (Å²) < 4.78 is 45.5. The number of rotatable bonds is 4. The van der Waals surface area contributed by atoms with Crippen molar-refractivity contribution in [3.8, 4) is 0 Å². The van der Waals surface area contributed by atoms with Gasteiger partial charge in [-0.2, -0.15) is 0 Å². The summed E-state index contributed by atoms with van der Waals surface area (Å²) in [6.07, 6.45) is 1.24. The molecule has 0 aromatic heterocycles. The zero-order chi connectivity index (χ0) is 17.8. The Morgan fingerprint density at radius 1 is 1.08 bits per heavy atom. The van der Waals surface area contributed by atoms with Gasteiger partial charge in [0.25, 0.3) is 5.91 Å². The van der Waals surface area contributed by atoms with Crippen molar-refractivity contribution in [3.63, 3.8) is 0 Å². The Kier molecular flexibility index (Phi) is 5.38. The zero-order valence-corrected chi connectivity index (χ0v) is 13.6. The van der Waals surface area contributed by atoms with Crippen LogP contribution in [-0.4, -0.2) is 30.0 Å². The van der Waals surface area contributed by atoms with Crippen LogP contribution >= 0.6 is 0 Å². The van der Waals surface area contributed by atoms with Crippen LogP contribution in [0.5, 0.6) is 0 Å².